The number of unbranched alkanes of at least 4 members (excludes halogenated alkanes) is 1. The van der Waals surface area contributed by atoms with Crippen molar-refractivity contribution in [2.75, 3.05) is 0 Å². The fourth-order valence-corrected chi connectivity index (χ4v) is 1.93. The third-order valence-electron chi connectivity index (χ3n) is 2.77. The molecule has 0 aliphatic heterocycles. The van der Waals surface area contributed by atoms with Crippen molar-refractivity contribution in [3.05, 3.63) is 11.6 Å². The van der Waals surface area contributed by atoms with Gasteiger partial charge in [-0.2, -0.15) is 0 Å². The largest absolute Gasteiger partial charge is 0.393 e. The van der Waals surface area contributed by atoms with Gasteiger partial charge in [0.15, 0.2) is 0 Å². The van der Waals surface area contributed by atoms with Gasteiger partial charge in [-0.3, -0.25) is 0 Å². The first-order chi connectivity index (χ1) is 6.33. The molecular formula is C12H22O. The summed E-state index contributed by atoms with van der Waals surface area (Å²) in [7, 11) is 0. The molecule has 76 valence electrons. The Kier molecular flexibility index (Phi) is 5.14. The maximum absolute atomic E-state index is 9.69. The summed E-state index contributed by atoms with van der Waals surface area (Å²) < 4.78 is 0. The highest BCUT2D eigenvalue weighted by Crippen LogP contribution is 2.22. The normalized spacial score (nSPS) is 19.7. The highest BCUT2D eigenvalue weighted by molar-refractivity contribution is 5.05. The van der Waals surface area contributed by atoms with E-state index in [1.807, 2.05) is 0 Å². The van der Waals surface area contributed by atoms with Crippen molar-refractivity contribution in [3.8, 4) is 0 Å². The summed E-state index contributed by atoms with van der Waals surface area (Å²) >= 11 is 0. The highest BCUT2D eigenvalue weighted by Gasteiger charge is 2.09. The molecule has 0 bridgehead atoms. The van der Waals surface area contributed by atoms with E-state index in [1.165, 1.54) is 37.7 Å². The lowest BCUT2D eigenvalue weighted by molar-refractivity contribution is 0.160. The highest BCUT2D eigenvalue weighted by atomic mass is 16.3. The first-order valence-corrected chi connectivity index (χ1v) is 5.69. The Hall–Kier alpha value is -0.300. The molecule has 0 heterocycles. The Labute approximate surface area is 81.9 Å². The summed E-state index contributed by atoms with van der Waals surface area (Å²) in [5.41, 5.74) is 1.50. The van der Waals surface area contributed by atoms with Gasteiger partial charge in [-0.05, 0) is 38.5 Å². The molecule has 1 N–H and O–H groups in total. The monoisotopic (exact) mass is 182 g/mol. The predicted molar refractivity (Wildman–Crippen MR) is 56.7 cm³/mol. The minimum Gasteiger partial charge on any atom is -0.393 e. The van der Waals surface area contributed by atoms with Gasteiger partial charge in [0.2, 0.25) is 0 Å². The van der Waals surface area contributed by atoms with E-state index < -0.39 is 0 Å². The predicted octanol–water partition coefficient (Wildman–Crippen LogP) is 3.43. The van der Waals surface area contributed by atoms with Crippen LogP contribution in [0.3, 0.4) is 0 Å². The lowest BCUT2D eigenvalue weighted by atomic mass is 9.94. The standard InChI is InChI=1S/C12H22O/c1-2-3-9-12(13)10-11-7-5-4-6-8-11/h7,12-13H,2-6,8-10H2,1H3. The van der Waals surface area contributed by atoms with Crippen LogP contribution in [-0.4, -0.2) is 11.2 Å². The Morgan fingerprint density at radius 1 is 1.46 bits per heavy atom. The lowest BCUT2D eigenvalue weighted by Crippen LogP contribution is -2.08. The van der Waals surface area contributed by atoms with Gasteiger partial charge < -0.3 is 5.11 Å². The zero-order valence-corrected chi connectivity index (χ0v) is 8.76. The van der Waals surface area contributed by atoms with Crippen LogP contribution in [0.25, 0.3) is 0 Å². The summed E-state index contributed by atoms with van der Waals surface area (Å²) in [6, 6.07) is 0. The lowest BCUT2D eigenvalue weighted by Gasteiger charge is -2.16. The van der Waals surface area contributed by atoms with Crippen molar-refractivity contribution in [2.45, 2.75) is 64.4 Å². The molecule has 0 aromatic heterocycles. The summed E-state index contributed by atoms with van der Waals surface area (Å²) in [5.74, 6) is 0. The molecule has 13 heavy (non-hydrogen) atoms. The van der Waals surface area contributed by atoms with Crippen molar-refractivity contribution in [1.82, 2.24) is 0 Å². The van der Waals surface area contributed by atoms with Gasteiger partial charge in [-0.15, -0.1) is 0 Å². The molecule has 0 aromatic rings. The van der Waals surface area contributed by atoms with Gasteiger partial charge in [0.05, 0.1) is 6.10 Å². The van der Waals surface area contributed by atoms with Gasteiger partial charge in [-0.25, -0.2) is 0 Å². The second kappa shape index (κ2) is 6.20. The Morgan fingerprint density at radius 3 is 2.92 bits per heavy atom. The molecule has 0 aromatic carbocycles. The molecule has 0 saturated heterocycles. The average Bonchev–Trinajstić information content (AvgIpc) is 2.16. The van der Waals surface area contributed by atoms with Crippen LogP contribution in [0, 0.1) is 0 Å². The van der Waals surface area contributed by atoms with E-state index in [9.17, 15) is 5.11 Å². The molecule has 1 atom stereocenters. The second-order valence-electron chi connectivity index (χ2n) is 4.11. The topological polar surface area (TPSA) is 20.2 Å². The number of aliphatic hydroxyl groups is 1. The van der Waals surface area contributed by atoms with E-state index in [0.717, 1.165) is 19.3 Å². The summed E-state index contributed by atoms with van der Waals surface area (Å²) in [6.45, 7) is 2.17. The Morgan fingerprint density at radius 2 is 2.31 bits per heavy atom. The van der Waals surface area contributed by atoms with Crippen LogP contribution in [-0.2, 0) is 0 Å². The average molecular weight is 182 g/mol. The van der Waals surface area contributed by atoms with Crippen LogP contribution < -0.4 is 0 Å². The molecule has 0 saturated carbocycles. The van der Waals surface area contributed by atoms with Crippen molar-refractivity contribution >= 4 is 0 Å². The Balaban J connectivity index is 2.18. The van der Waals surface area contributed by atoms with Gasteiger partial charge in [0.25, 0.3) is 0 Å². The molecule has 1 heteroatoms. The van der Waals surface area contributed by atoms with E-state index in [0.29, 0.717) is 0 Å². The van der Waals surface area contributed by atoms with Gasteiger partial charge in [0, 0.05) is 0 Å². The molecule has 1 unspecified atom stereocenters. The van der Waals surface area contributed by atoms with Crippen LogP contribution >= 0.6 is 0 Å². The van der Waals surface area contributed by atoms with Crippen LogP contribution in [0.15, 0.2) is 11.6 Å². The molecule has 0 spiro atoms. The second-order valence-corrected chi connectivity index (χ2v) is 4.11. The first-order valence-electron chi connectivity index (χ1n) is 5.69. The summed E-state index contributed by atoms with van der Waals surface area (Å²) in [6.07, 6.45) is 11.6. The maximum atomic E-state index is 9.69. The van der Waals surface area contributed by atoms with E-state index in [-0.39, 0.29) is 6.10 Å². The minimum absolute atomic E-state index is 0.0794. The molecule has 1 nitrogen and oxygen atoms in total. The summed E-state index contributed by atoms with van der Waals surface area (Å²) in [4.78, 5) is 0. The van der Waals surface area contributed by atoms with Crippen molar-refractivity contribution in [2.24, 2.45) is 0 Å². The SMILES string of the molecule is CCCCC(O)CC1=CCCCC1. The smallest absolute Gasteiger partial charge is 0.0577 e. The van der Waals surface area contributed by atoms with Gasteiger partial charge in [0.1, 0.15) is 0 Å². The first kappa shape index (κ1) is 10.8. The third kappa shape index (κ3) is 4.47. The number of rotatable bonds is 5. The van der Waals surface area contributed by atoms with Gasteiger partial charge in [-0.1, -0.05) is 31.4 Å². The number of aliphatic hydroxyl groups excluding tert-OH is 1. The number of allylic oxidation sites excluding steroid dienone is 1. The van der Waals surface area contributed by atoms with Crippen LogP contribution in [0.2, 0.25) is 0 Å². The molecular weight excluding hydrogens is 160 g/mol. The molecule has 0 fully saturated rings. The molecule has 0 amide bonds. The van der Waals surface area contributed by atoms with E-state index in [1.54, 1.807) is 0 Å². The Bertz CT molecular complexity index is 161. The van der Waals surface area contributed by atoms with Crippen molar-refractivity contribution in [1.29, 1.82) is 0 Å². The minimum atomic E-state index is -0.0794. The van der Waals surface area contributed by atoms with Gasteiger partial charge >= 0.3 is 0 Å². The fraction of sp³-hybridized carbons (Fsp3) is 0.833. The summed E-state index contributed by atoms with van der Waals surface area (Å²) in [5, 5.41) is 9.69. The van der Waals surface area contributed by atoms with E-state index >= 15 is 0 Å². The van der Waals surface area contributed by atoms with Crippen molar-refractivity contribution in [3.63, 3.8) is 0 Å². The molecule has 1 aliphatic carbocycles. The van der Waals surface area contributed by atoms with E-state index in [2.05, 4.69) is 13.0 Å². The molecule has 0 radical (unpaired) electrons. The zero-order valence-electron chi connectivity index (χ0n) is 8.76. The number of hydrogen-bond donors (Lipinski definition) is 1. The quantitative estimate of drug-likeness (QED) is 0.646. The molecule has 1 rings (SSSR count). The number of hydrogen-bond acceptors (Lipinski definition) is 1. The van der Waals surface area contributed by atoms with Crippen LogP contribution in [0.5, 0.6) is 0 Å². The maximum Gasteiger partial charge on any atom is 0.0577 e. The molecule has 1 aliphatic rings. The van der Waals surface area contributed by atoms with E-state index in [4.69, 9.17) is 0 Å². The third-order valence-corrected chi connectivity index (χ3v) is 2.77. The van der Waals surface area contributed by atoms with Crippen LogP contribution in [0.4, 0.5) is 0 Å². The van der Waals surface area contributed by atoms with Crippen LogP contribution in [0.1, 0.15) is 58.3 Å². The van der Waals surface area contributed by atoms with Crippen molar-refractivity contribution < 1.29 is 5.11 Å². The zero-order chi connectivity index (χ0) is 9.52. The fourth-order valence-electron chi connectivity index (χ4n) is 1.93.